The van der Waals surface area contributed by atoms with Crippen molar-refractivity contribution in [3.63, 3.8) is 0 Å². The monoisotopic (exact) mass is 399 g/mol. The summed E-state index contributed by atoms with van der Waals surface area (Å²) in [6.45, 7) is 1.72. The summed E-state index contributed by atoms with van der Waals surface area (Å²) in [5.41, 5.74) is 0.608. The molecule has 0 saturated carbocycles. The van der Waals surface area contributed by atoms with E-state index in [1.807, 2.05) is 17.0 Å². The predicted molar refractivity (Wildman–Crippen MR) is 102 cm³/mol. The Morgan fingerprint density at radius 3 is 2.36 bits per heavy atom. The molecule has 0 radical (unpaired) electrons. The van der Waals surface area contributed by atoms with Crippen molar-refractivity contribution in [3.8, 4) is 12.1 Å². The molecule has 0 bridgehead atoms. The number of likely N-dealkylation sites (tertiary alicyclic amines) is 1. The maximum absolute atomic E-state index is 12.8. The smallest absolute Gasteiger partial charge is 0.285 e. The molecule has 28 heavy (non-hydrogen) atoms. The summed E-state index contributed by atoms with van der Waals surface area (Å²) in [6.07, 6.45) is 1.63. The van der Waals surface area contributed by atoms with Crippen molar-refractivity contribution in [2.45, 2.75) is 30.6 Å². The second-order valence-corrected chi connectivity index (χ2v) is 8.36. The summed E-state index contributed by atoms with van der Waals surface area (Å²) in [5.74, 6) is 0.223. The van der Waals surface area contributed by atoms with Crippen molar-refractivity contribution in [2.75, 3.05) is 26.2 Å². The minimum absolute atomic E-state index is 0.0356. The highest BCUT2D eigenvalue weighted by molar-refractivity contribution is 7.90. The molecule has 146 valence electrons. The lowest BCUT2D eigenvalue weighted by atomic mass is 9.94. The lowest BCUT2D eigenvalue weighted by Gasteiger charge is -2.35. The van der Waals surface area contributed by atoms with Crippen LogP contribution in [-0.4, -0.2) is 56.1 Å². The van der Waals surface area contributed by atoms with Gasteiger partial charge in [-0.05, 0) is 25.0 Å². The van der Waals surface area contributed by atoms with Gasteiger partial charge in [-0.1, -0.05) is 12.1 Å². The Hall–Kier alpha value is -2.91. The highest BCUT2D eigenvalue weighted by atomic mass is 32.2. The quantitative estimate of drug-likeness (QED) is 0.740. The van der Waals surface area contributed by atoms with E-state index in [1.54, 1.807) is 29.2 Å². The van der Waals surface area contributed by atoms with E-state index in [4.69, 9.17) is 10.5 Å². The van der Waals surface area contributed by atoms with Gasteiger partial charge in [0.15, 0.2) is 5.84 Å². The third-order valence-electron chi connectivity index (χ3n) is 5.05. The van der Waals surface area contributed by atoms with Gasteiger partial charge in [0, 0.05) is 37.7 Å². The number of fused-ring (bicyclic) bond motifs is 1. The van der Waals surface area contributed by atoms with Gasteiger partial charge in [0.25, 0.3) is 10.0 Å². The summed E-state index contributed by atoms with van der Waals surface area (Å²) in [5, 5.41) is 17.6. The minimum Gasteiger partial charge on any atom is -0.355 e. The van der Waals surface area contributed by atoms with Crippen LogP contribution in [0.2, 0.25) is 0 Å². The van der Waals surface area contributed by atoms with Gasteiger partial charge in [0.1, 0.15) is 4.90 Å². The number of amides is 1. The van der Waals surface area contributed by atoms with Crippen LogP contribution in [0.5, 0.6) is 0 Å². The maximum atomic E-state index is 12.8. The number of hydrogen-bond acceptors (Lipinski definition) is 6. The zero-order valence-corrected chi connectivity index (χ0v) is 16.2. The normalized spacial score (nSPS) is 17.9. The van der Waals surface area contributed by atoms with Crippen LogP contribution in [0.1, 0.15) is 31.2 Å². The average Bonchev–Trinajstić information content (AvgIpc) is 2.99. The van der Waals surface area contributed by atoms with E-state index < -0.39 is 10.0 Å². The van der Waals surface area contributed by atoms with Crippen LogP contribution >= 0.6 is 0 Å². The molecule has 3 rings (SSSR count). The van der Waals surface area contributed by atoms with Crippen LogP contribution < -0.4 is 0 Å². The Morgan fingerprint density at radius 1 is 1.14 bits per heavy atom. The van der Waals surface area contributed by atoms with Gasteiger partial charge in [-0.25, -0.2) is 0 Å². The lowest BCUT2D eigenvalue weighted by molar-refractivity contribution is -0.136. The number of rotatable bonds is 5. The molecular formula is C19H21N5O3S. The van der Waals surface area contributed by atoms with E-state index in [0.717, 1.165) is 0 Å². The molecule has 8 nitrogen and oxygen atoms in total. The Balaban J connectivity index is 1.67. The average molecular weight is 399 g/mol. The molecule has 9 heteroatoms. The molecule has 1 aromatic carbocycles. The third-order valence-corrected chi connectivity index (χ3v) is 6.38. The molecule has 1 saturated heterocycles. The summed E-state index contributed by atoms with van der Waals surface area (Å²) in [6, 6.07) is 10.8. The van der Waals surface area contributed by atoms with Gasteiger partial charge in [-0.3, -0.25) is 4.79 Å². The van der Waals surface area contributed by atoms with Gasteiger partial charge in [0.2, 0.25) is 5.91 Å². The molecule has 0 N–H and O–H groups in total. The standard InChI is InChI=1S/C19H21N5O3S/c20-9-3-11-24(12-4-10-21)19(25)15-7-13-23(14-8-15)18-16-5-1-2-6-17(16)28(26,27)22-18/h1-2,5-6,15H,3-4,7-8,11-14H2. The minimum atomic E-state index is -3.66. The molecule has 1 fully saturated rings. The summed E-state index contributed by atoms with van der Waals surface area (Å²) < 4.78 is 28.4. The molecule has 2 aliphatic rings. The van der Waals surface area contributed by atoms with Crippen molar-refractivity contribution >= 4 is 21.8 Å². The first-order chi connectivity index (χ1) is 13.5. The van der Waals surface area contributed by atoms with Crippen molar-refractivity contribution in [1.82, 2.24) is 9.80 Å². The fourth-order valence-electron chi connectivity index (χ4n) is 3.62. The van der Waals surface area contributed by atoms with Gasteiger partial charge in [-0.2, -0.15) is 18.9 Å². The Kier molecular flexibility index (Phi) is 5.96. The fraction of sp³-hybridized carbons (Fsp3) is 0.474. The van der Waals surface area contributed by atoms with E-state index in [2.05, 4.69) is 4.40 Å². The molecule has 0 spiro atoms. The largest absolute Gasteiger partial charge is 0.355 e. The third kappa shape index (κ3) is 4.00. The molecule has 0 aliphatic carbocycles. The Morgan fingerprint density at radius 2 is 1.75 bits per heavy atom. The molecule has 0 aromatic heterocycles. The van der Waals surface area contributed by atoms with E-state index >= 15 is 0 Å². The predicted octanol–water partition coefficient (Wildman–Crippen LogP) is 1.50. The van der Waals surface area contributed by atoms with Crippen LogP contribution in [0, 0.1) is 28.6 Å². The molecular weight excluding hydrogens is 378 g/mol. The molecule has 1 amide bonds. The second kappa shape index (κ2) is 8.41. The fourth-order valence-corrected chi connectivity index (χ4v) is 4.84. The van der Waals surface area contributed by atoms with E-state index in [9.17, 15) is 13.2 Å². The van der Waals surface area contributed by atoms with E-state index in [0.29, 0.717) is 50.4 Å². The highest BCUT2D eigenvalue weighted by Crippen LogP contribution is 2.30. The summed E-state index contributed by atoms with van der Waals surface area (Å²) in [7, 11) is -3.66. The maximum Gasteiger partial charge on any atom is 0.285 e. The summed E-state index contributed by atoms with van der Waals surface area (Å²) >= 11 is 0. The summed E-state index contributed by atoms with van der Waals surface area (Å²) in [4.78, 5) is 16.5. The number of hydrogen-bond donors (Lipinski definition) is 0. The van der Waals surface area contributed by atoms with Crippen molar-refractivity contribution in [1.29, 1.82) is 10.5 Å². The zero-order valence-electron chi connectivity index (χ0n) is 15.4. The van der Waals surface area contributed by atoms with Crippen molar-refractivity contribution in [3.05, 3.63) is 29.8 Å². The van der Waals surface area contributed by atoms with Crippen LogP contribution in [0.15, 0.2) is 33.6 Å². The number of sulfonamides is 1. The molecule has 0 atom stereocenters. The Bertz CT molecular complexity index is 948. The number of benzene rings is 1. The van der Waals surface area contributed by atoms with Gasteiger partial charge >= 0.3 is 0 Å². The highest BCUT2D eigenvalue weighted by Gasteiger charge is 2.35. The van der Waals surface area contributed by atoms with Gasteiger partial charge < -0.3 is 9.80 Å². The Labute approximate surface area is 164 Å². The molecule has 1 aromatic rings. The first-order valence-electron chi connectivity index (χ1n) is 9.20. The van der Waals surface area contributed by atoms with Crippen LogP contribution in [0.25, 0.3) is 0 Å². The first kappa shape index (κ1) is 19.8. The topological polar surface area (TPSA) is 118 Å². The zero-order chi connectivity index (χ0) is 20.1. The van der Waals surface area contributed by atoms with Crippen LogP contribution in [0.4, 0.5) is 0 Å². The molecule has 2 aliphatic heterocycles. The van der Waals surface area contributed by atoms with Gasteiger partial charge in [-0.15, -0.1) is 4.40 Å². The first-order valence-corrected chi connectivity index (χ1v) is 10.6. The number of carbonyl (C=O) groups is 1. The van der Waals surface area contributed by atoms with Gasteiger partial charge in [0.05, 0.1) is 25.0 Å². The SMILES string of the molecule is N#CCCN(CCC#N)C(=O)C1CCN(C2=NS(=O)(=O)c3ccccc32)CC1. The van der Waals surface area contributed by atoms with E-state index in [-0.39, 0.29) is 29.6 Å². The van der Waals surface area contributed by atoms with E-state index in [1.165, 1.54) is 0 Å². The number of nitriles is 2. The second-order valence-electron chi connectivity index (χ2n) is 6.79. The van der Waals surface area contributed by atoms with Crippen molar-refractivity contribution in [2.24, 2.45) is 10.3 Å². The van der Waals surface area contributed by atoms with Crippen molar-refractivity contribution < 1.29 is 13.2 Å². The molecule has 2 heterocycles. The number of amidine groups is 1. The lowest BCUT2D eigenvalue weighted by Crippen LogP contribution is -2.45. The molecule has 0 unspecified atom stereocenters. The number of nitrogens with zero attached hydrogens (tertiary/aromatic N) is 5. The van der Waals surface area contributed by atoms with Crippen LogP contribution in [-0.2, 0) is 14.8 Å². The number of piperidine rings is 1. The number of carbonyl (C=O) groups excluding carboxylic acids is 1. The van der Waals surface area contributed by atoms with Crippen LogP contribution in [0.3, 0.4) is 0 Å².